The Morgan fingerprint density at radius 3 is 3.00 bits per heavy atom. The Hall–Kier alpha value is -1.16. The van der Waals surface area contributed by atoms with Crippen LogP contribution in [0.4, 0.5) is 0 Å². The summed E-state index contributed by atoms with van der Waals surface area (Å²) in [6, 6.07) is 0. The molecular formula is C8H13N3O. The predicted octanol–water partition coefficient (Wildman–Crippen LogP) is -0.249. The van der Waals surface area contributed by atoms with Crippen LogP contribution in [0, 0.1) is 0 Å². The van der Waals surface area contributed by atoms with Crippen molar-refractivity contribution >= 4 is 5.78 Å². The van der Waals surface area contributed by atoms with E-state index in [1.165, 1.54) is 0 Å². The fourth-order valence-corrected chi connectivity index (χ4v) is 1.00. The van der Waals surface area contributed by atoms with E-state index >= 15 is 0 Å². The minimum Gasteiger partial charge on any atom is -0.338 e. The van der Waals surface area contributed by atoms with E-state index in [2.05, 4.69) is 10.3 Å². The molecule has 0 aliphatic rings. The van der Waals surface area contributed by atoms with E-state index in [4.69, 9.17) is 0 Å². The minimum atomic E-state index is 0.159. The average Bonchev–Trinajstić information content (AvgIpc) is 2.37. The summed E-state index contributed by atoms with van der Waals surface area (Å²) in [5, 5.41) is 2.81. The van der Waals surface area contributed by atoms with Crippen molar-refractivity contribution in [2.45, 2.75) is 6.42 Å². The number of nitrogens with zero attached hydrogens (tertiary/aromatic N) is 2. The van der Waals surface area contributed by atoms with Gasteiger partial charge in [-0.25, -0.2) is 4.98 Å². The van der Waals surface area contributed by atoms with Gasteiger partial charge in [-0.3, -0.25) is 4.79 Å². The normalized spacial score (nSPS) is 10.2. The Balaban J connectivity index is 2.52. The van der Waals surface area contributed by atoms with Crippen molar-refractivity contribution in [2.24, 2.45) is 7.05 Å². The Morgan fingerprint density at radius 1 is 1.75 bits per heavy atom. The highest BCUT2D eigenvalue weighted by Gasteiger charge is 2.05. The van der Waals surface area contributed by atoms with Gasteiger partial charge in [-0.05, 0) is 7.05 Å². The summed E-state index contributed by atoms with van der Waals surface area (Å²) in [5.41, 5.74) is 0. The van der Waals surface area contributed by atoms with Crippen molar-refractivity contribution in [1.29, 1.82) is 0 Å². The molecule has 1 aromatic rings. The lowest BCUT2D eigenvalue weighted by molar-refractivity contribution is -0.117. The number of carbonyl (C=O) groups is 1. The van der Waals surface area contributed by atoms with E-state index in [1.807, 2.05) is 17.8 Å². The van der Waals surface area contributed by atoms with E-state index in [9.17, 15) is 4.79 Å². The zero-order chi connectivity index (χ0) is 8.97. The number of Topliss-reactive ketones (excluding diaryl/α,β-unsaturated/α-hetero) is 1. The van der Waals surface area contributed by atoms with Gasteiger partial charge in [0.2, 0.25) is 0 Å². The van der Waals surface area contributed by atoms with Crippen LogP contribution in [-0.4, -0.2) is 28.9 Å². The van der Waals surface area contributed by atoms with Crippen LogP contribution < -0.4 is 5.32 Å². The summed E-state index contributed by atoms with van der Waals surface area (Å²) in [6.07, 6.45) is 3.94. The summed E-state index contributed by atoms with van der Waals surface area (Å²) in [7, 11) is 3.64. The smallest absolute Gasteiger partial charge is 0.154 e. The highest BCUT2D eigenvalue weighted by Crippen LogP contribution is 1.95. The molecule has 4 nitrogen and oxygen atoms in total. The molecule has 1 rings (SSSR count). The maximum Gasteiger partial charge on any atom is 0.154 e. The van der Waals surface area contributed by atoms with Crippen molar-refractivity contribution in [3.63, 3.8) is 0 Å². The molecule has 0 bridgehead atoms. The van der Waals surface area contributed by atoms with Crippen molar-refractivity contribution in [1.82, 2.24) is 14.9 Å². The van der Waals surface area contributed by atoms with Crippen LogP contribution in [0.5, 0.6) is 0 Å². The summed E-state index contributed by atoms with van der Waals surface area (Å²) in [5.74, 6) is 0.974. The van der Waals surface area contributed by atoms with Crippen LogP contribution in [-0.2, 0) is 18.3 Å². The summed E-state index contributed by atoms with van der Waals surface area (Å²) in [4.78, 5) is 15.2. The molecule has 1 aromatic heterocycles. The quantitative estimate of drug-likeness (QED) is 0.672. The van der Waals surface area contributed by atoms with Crippen LogP contribution in [0.1, 0.15) is 5.82 Å². The van der Waals surface area contributed by atoms with Gasteiger partial charge in [-0.2, -0.15) is 0 Å². The molecule has 0 amide bonds. The van der Waals surface area contributed by atoms with Gasteiger partial charge in [0.15, 0.2) is 5.78 Å². The van der Waals surface area contributed by atoms with E-state index in [-0.39, 0.29) is 5.78 Å². The van der Waals surface area contributed by atoms with Gasteiger partial charge in [0.25, 0.3) is 0 Å². The molecule has 0 spiro atoms. The Labute approximate surface area is 71.6 Å². The molecule has 0 saturated carbocycles. The lowest BCUT2D eigenvalue weighted by Gasteiger charge is -1.99. The molecule has 0 fully saturated rings. The number of nitrogens with one attached hydrogen (secondary N) is 1. The van der Waals surface area contributed by atoms with Crippen LogP contribution in [0.15, 0.2) is 12.4 Å². The first kappa shape index (κ1) is 8.93. The number of likely N-dealkylation sites (N-methyl/N-ethyl adjacent to an activating group) is 1. The molecule has 0 aliphatic carbocycles. The van der Waals surface area contributed by atoms with Crippen LogP contribution >= 0.6 is 0 Å². The molecule has 1 N–H and O–H groups in total. The number of hydrogen-bond acceptors (Lipinski definition) is 3. The lowest BCUT2D eigenvalue weighted by atomic mass is 10.3. The number of aryl methyl sites for hydroxylation is 1. The fourth-order valence-electron chi connectivity index (χ4n) is 1.00. The molecule has 0 saturated heterocycles. The maximum absolute atomic E-state index is 11.1. The van der Waals surface area contributed by atoms with E-state index < -0.39 is 0 Å². The molecule has 66 valence electrons. The first-order valence-corrected chi connectivity index (χ1v) is 3.86. The fraction of sp³-hybridized carbons (Fsp3) is 0.500. The first-order chi connectivity index (χ1) is 5.74. The third-order valence-corrected chi connectivity index (χ3v) is 1.65. The Morgan fingerprint density at radius 2 is 2.50 bits per heavy atom. The standard InChI is InChI=1S/C8H13N3O/c1-9-6-7(12)5-8-10-3-4-11(8)2/h3-4,9H,5-6H2,1-2H3. The zero-order valence-corrected chi connectivity index (χ0v) is 7.37. The number of aromatic nitrogens is 2. The third kappa shape index (κ3) is 2.17. The van der Waals surface area contributed by atoms with Crippen molar-refractivity contribution < 1.29 is 4.79 Å². The molecular weight excluding hydrogens is 154 g/mol. The summed E-state index contributed by atoms with van der Waals surface area (Å²) < 4.78 is 1.85. The van der Waals surface area contributed by atoms with Gasteiger partial charge in [0.05, 0.1) is 13.0 Å². The first-order valence-electron chi connectivity index (χ1n) is 3.86. The summed E-state index contributed by atoms with van der Waals surface area (Å²) >= 11 is 0. The monoisotopic (exact) mass is 167 g/mol. The largest absolute Gasteiger partial charge is 0.338 e. The molecule has 4 heteroatoms. The lowest BCUT2D eigenvalue weighted by Crippen LogP contribution is -2.21. The van der Waals surface area contributed by atoms with Gasteiger partial charge in [0, 0.05) is 19.4 Å². The number of carbonyl (C=O) groups excluding carboxylic acids is 1. The Bertz CT molecular complexity index is 267. The van der Waals surface area contributed by atoms with Crippen molar-refractivity contribution in [3.05, 3.63) is 18.2 Å². The molecule has 0 atom stereocenters. The number of hydrogen-bond donors (Lipinski definition) is 1. The van der Waals surface area contributed by atoms with Gasteiger partial charge in [-0.1, -0.05) is 0 Å². The zero-order valence-electron chi connectivity index (χ0n) is 7.37. The number of ketones is 1. The summed E-state index contributed by atoms with van der Waals surface area (Å²) in [6.45, 7) is 0.410. The second kappa shape index (κ2) is 4.01. The molecule has 0 radical (unpaired) electrons. The molecule has 0 aromatic carbocycles. The number of imidazole rings is 1. The van der Waals surface area contributed by atoms with Gasteiger partial charge >= 0.3 is 0 Å². The van der Waals surface area contributed by atoms with Crippen LogP contribution in [0.25, 0.3) is 0 Å². The van der Waals surface area contributed by atoms with Crippen molar-refractivity contribution in [3.8, 4) is 0 Å². The SMILES string of the molecule is CNCC(=O)Cc1nccn1C. The molecule has 1 heterocycles. The molecule has 12 heavy (non-hydrogen) atoms. The third-order valence-electron chi connectivity index (χ3n) is 1.65. The van der Waals surface area contributed by atoms with Crippen LogP contribution in [0.3, 0.4) is 0 Å². The molecule has 0 unspecified atom stereocenters. The second-order valence-corrected chi connectivity index (χ2v) is 2.70. The van der Waals surface area contributed by atoms with Crippen molar-refractivity contribution in [2.75, 3.05) is 13.6 Å². The Kier molecular flexibility index (Phi) is 2.99. The van der Waals surface area contributed by atoms with E-state index in [0.29, 0.717) is 13.0 Å². The topological polar surface area (TPSA) is 46.9 Å². The second-order valence-electron chi connectivity index (χ2n) is 2.70. The van der Waals surface area contributed by atoms with E-state index in [0.717, 1.165) is 5.82 Å². The number of rotatable bonds is 4. The van der Waals surface area contributed by atoms with Crippen LogP contribution in [0.2, 0.25) is 0 Å². The highest BCUT2D eigenvalue weighted by atomic mass is 16.1. The highest BCUT2D eigenvalue weighted by molar-refractivity contribution is 5.82. The minimum absolute atomic E-state index is 0.159. The molecule has 0 aliphatic heterocycles. The average molecular weight is 167 g/mol. The predicted molar refractivity (Wildman–Crippen MR) is 45.8 cm³/mol. The van der Waals surface area contributed by atoms with E-state index in [1.54, 1.807) is 13.2 Å². The maximum atomic E-state index is 11.1. The van der Waals surface area contributed by atoms with Gasteiger partial charge in [0.1, 0.15) is 5.82 Å². The van der Waals surface area contributed by atoms with Gasteiger partial charge in [-0.15, -0.1) is 0 Å². The van der Waals surface area contributed by atoms with Gasteiger partial charge < -0.3 is 9.88 Å².